The quantitative estimate of drug-likeness (QED) is 0.871. The smallest absolute Gasteiger partial charge is 0.244 e. The van der Waals surface area contributed by atoms with E-state index in [-0.39, 0.29) is 18.0 Å². The van der Waals surface area contributed by atoms with Gasteiger partial charge in [-0.05, 0) is 44.0 Å². The van der Waals surface area contributed by atoms with Gasteiger partial charge in [-0.3, -0.25) is 4.79 Å². The van der Waals surface area contributed by atoms with Crippen LogP contribution in [0.4, 0.5) is 5.69 Å². The fourth-order valence-corrected chi connectivity index (χ4v) is 2.98. The molecular weight excluding hydrogens is 306 g/mol. The van der Waals surface area contributed by atoms with Crippen LogP contribution < -0.4 is 16.0 Å². The Morgan fingerprint density at radius 2 is 2.26 bits per heavy atom. The minimum Gasteiger partial charge on any atom is -0.358 e. The van der Waals surface area contributed by atoms with Crippen molar-refractivity contribution in [3.8, 4) is 0 Å². The molecule has 0 spiro atoms. The van der Waals surface area contributed by atoms with Crippen molar-refractivity contribution in [2.45, 2.75) is 32.4 Å². The number of carbonyl (C=O) groups excluding carboxylic acids is 1. The van der Waals surface area contributed by atoms with Gasteiger partial charge in [0.15, 0.2) is 0 Å². The van der Waals surface area contributed by atoms with Crippen LogP contribution in [0.15, 0.2) is 22.7 Å². The summed E-state index contributed by atoms with van der Waals surface area (Å²) in [6.07, 6.45) is 0.928. The van der Waals surface area contributed by atoms with E-state index in [1.54, 1.807) is 0 Å². The lowest BCUT2D eigenvalue weighted by Crippen LogP contribution is -2.49. The number of aryl methyl sites for hydroxylation is 1. The molecule has 1 heterocycles. The van der Waals surface area contributed by atoms with E-state index in [0.29, 0.717) is 6.54 Å². The van der Waals surface area contributed by atoms with Gasteiger partial charge in [-0.25, -0.2) is 0 Å². The summed E-state index contributed by atoms with van der Waals surface area (Å²) in [5.41, 5.74) is 8.04. The molecule has 1 aliphatic rings. The predicted molar refractivity (Wildman–Crippen MR) is 81.3 cm³/mol. The maximum atomic E-state index is 12.2. The number of anilines is 1. The Morgan fingerprint density at radius 3 is 2.89 bits per heavy atom. The lowest BCUT2D eigenvalue weighted by Gasteiger charge is -2.30. The number of rotatable bonds is 2. The molecule has 2 atom stereocenters. The molecule has 1 aliphatic heterocycles. The number of amides is 1. The zero-order valence-corrected chi connectivity index (χ0v) is 12.9. The highest BCUT2D eigenvalue weighted by molar-refractivity contribution is 9.10. The van der Waals surface area contributed by atoms with Gasteiger partial charge in [0.2, 0.25) is 5.91 Å². The summed E-state index contributed by atoms with van der Waals surface area (Å²) in [6, 6.07) is 6.02. The summed E-state index contributed by atoms with van der Waals surface area (Å²) < 4.78 is 1.05. The van der Waals surface area contributed by atoms with Crippen molar-refractivity contribution in [2.75, 3.05) is 18.0 Å². The van der Waals surface area contributed by atoms with Crippen LogP contribution in [0.2, 0.25) is 0 Å². The van der Waals surface area contributed by atoms with E-state index >= 15 is 0 Å². The average molecular weight is 326 g/mol. The first-order valence-corrected chi connectivity index (χ1v) is 7.35. The Bertz CT molecular complexity index is 478. The second-order valence-electron chi connectivity index (χ2n) is 5.07. The van der Waals surface area contributed by atoms with Crippen molar-refractivity contribution < 1.29 is 4.79 Å². The zero-order chi connectivity index (χ0) is 14.0. The molecule has 2 unspecified atom stereocenters. The largest absolute Gasteiger partial charge is 0.358 e. The van der Waals surface area contributed by atoms with E-state index in [4.69, 9.17) is 5.73 Å². The lowest BCUT2D eigenvalue weighted by molar-refractivity contribution is -0.122. The second-order valence-corrected chi connectivity index (χ2v) is 5.99. The SMILES string of the molecule is Cc1cc(Br)ccc1N1CCC(C)NC(=O)C1CN. The van der Waals surface area contributed by atoms with Gasteiger partial charge in [-0.1, -0.05) is 15.9 Å². The van der Waals surface area contributed by atoms with E-state index in [1.165, 1.54) is 0 Å². The fourth-order valence-electron chi connectivity index (χ4n) is 2.51. The number of nitrogens with zero attached hydrogens (tertiary/aromatic N) is 1. The van der Waals surface area contributed by atoms with Crippen LogP contribution in [0, 0.1) is 6.92 Å². The Kier molecular flexibility index (Phi) is 4.47. The summed E-state index contributed by atoms with van der Waals surface area (Å²) in [5.74, 6) is 0.0230. The highest BCUT2D eigenvalue weighted by atomic mass is 79.9. The Hall–Kier alpha value is -1.07. The van der Waals surface area contributed by atoms with Crippen LogP contribution in [0.25, 0.3) is 0 Å². The molecule has 5 heteroatoms. The van der Waals surface area contributed by atoms with Crippen molar-refractivity contribution in [3.05, 3.63) is 28.2 Å². The molecule has 0 bridgehead atoms. The van der Waals surface area contributed by atoms with Gasteiger partial charge in [0.1, 0.15) is 6.04 Å². The van der Waals surface area contributed by atoms with Crippen molar-refractivity contribution in [2.24, 2.45) is 5.73 Å². The molecule has 19 heavy (non-hydrogen) atoms. The van der Waals surface area contributed by atoms with Gasteiger partial charge in [0.05, 0.1) is 0 Å². The highest BCUT2D eigenvalue weighted by Crippen LogP contribution is 2.26. The monoisotopic (exact) mass is 325 g/mol. The van der Waals surface area contributed by atoms with E-state index < -0.39 is 0 Å². The van der Waals surface area contributed by atoms with Gasteiger partial charge in [-0.15, -0.1) is 0 Å². The molecule has 3 N–H and O–H groups in total. The van der Waals surface area contributed by atoms with Gasteiger partial charge in [-0.2, -0.15) is 0 Å². The maximum Gasteiger partial charge on any atom is 0.244 e. The molecule has 0 aromatic heterocycles. The molecule has 0 radical (unpaired) electrons. The van der Waals surface area contributed by atoms with E-state index in [2.05, 4.69) is 39.1 Å². The molecule has 1 fully saturated rings. The number of hydrogen-bond acceptors (Lipinski definition) is 3. The van der Waals surface area contributed by atoms with Crippen LogP contribution in [0.5, 0.6) is 0 Å². The average Bonchev–Trinajstić information content (AvgIpc) is 2.48. The first kappa shape index (κ1) is 14.3. The molecule has 1 amide bonds. The number of benzene rings is 1. The Morgan fingerprint density at radius 1 is 1.53 bits per heavy atom. The van der Waals surface area contributed by atoms with Gasteiger partial charge in [0, 0.05) is 29.3 Å². The van der Waals surface area contributed by atoms with E-state index in [1.807, 2.05) is 19.1 Å². The number of halogens is 1. The molecule has 0 saturated carbocycles. The third kappa shape index (κ3) is 3.09. The van der Waals surface area contributed by atoms with Crippen molar-refractivity contribution >= 4 is 27.5 Å². The summed E-state index contributed by atoms with van der Waals surface area (Å²) in [4.78, 5) is 14.3. The van der Waals surface area contributed by atoms with Crippen LogP contribution >= 0.6 is 15.9 Å². The van der Waals surface area contributed by atoms with Crippen LogP contribution in [0.1, 0.15) is 18.9 Å². The molecule has 4 nitrogen and oxygen atoms in total. The lowest BCUT2D eigenvalue weighted by atomic mass is 10.1. The van der Waals surface area contributed by atoms with E-state index in [9.17, 15) is 4.79 Å². The minimum atomic E-state index is -0.287. The third-order valence-electron chi connectivity index (χ3n) is 3.56. The van der Waals surface area contributed by atoms with E-state index in [0.717, 1.165) is 28.7 Å². The molecule has 0 aliphatic carbocycles. The highest BCUT2D eigenvalue weighted by Gasteiger charge is 2.29. The summed E-state index contributed by atoms with van der Waals surface area (Å²) in [7, 11) is 0. The molecule has 1 aromatic carbocycles. The third-order valence-corrected chi connectivity index (χ3v) is 4.06. The number of hydrogen-bond donors (Lipinski definition) is 2. The topological polar surface area (TPSA) is 58.4 Å². The Balaban J connectivity index is 2.36. The predicted octanol–water partition coefficient (Wildman–Crippen LogP) is 1.80. The summed E-state index contributed by atoms with van der Waals surface area (Å²) in [5, 5.41) is 3.00. The summed E-state index contributed by atoms with van der Waals surface area (Å²) >= 11 is 3.47. The van der Waals surface area contributed by atoms with Crippen LogP contribution in [-0.2, 0) is 4.79 Å². The van der Waals surface area contributed by atoms with Crippen molar-refractivity contribution in [1.29, 1.82) is 0 Å². The maximum absolute atomic E-state index is 12.2. The van der Waals surface area contributed by atoms with Crippen LogP contribution in [-0.4, -0.2) is 31.1 Å². The first-order chi connectivity index (χ1) is 9.02. The normalized spacial score (nSPS) is 24.0. The molecule has 1 aromatic rings. The number of carbonyl (C=O) groups is 1. The molecule has 2 rings (SSSR count). The zero-order valence-electron chi connectivity index (χ0n) is 11.3. The summed E-state index contributed by atoms with van der Waals surface area (Å²) in [6.45, 7) is 5.25. The number of nitrogens with one attached hydrogen (secondary N) is 1. The first-order valence-electron chi connectivity index (χ1n) is 6.56. The number of nitrogens with two attached hydrogens (primary N) is 1. The van der Waals surface area contributed by atoms with Crippen LogP contribution in [0.3, 0.4) is 0 Å². The minimum absolute atomic E-state index is 0.0230. The molecule has 1 saturated heterocycles. The van der Waals surface area contributed by atoms with Crippen molar-refractivity contribution in [1.82, 2.24) is 5.32 Å². The van der Waals surface area contributed by atoms with Gasteiger partial charge < -0.3 is 16.0 Å². The Labute approximate surface area is 122 Å². The van der Waals surface area contributed by atoms with Crippen molar-refractivity contribution in [3.63, 3.8) is 0 Å². The van der Waals surface area contributed by atoms with Gasteiger partial charge in [0.25, 0.3) is 0 Å². The second kappa shape index (κ2) is 5.92. The van der Waals surface area contributed by atoms with Gasteiger partial charge >= 0.3 is 0 Å². The molecule has 104 valence electrons. The standard InChI is InChI=1S/C14H20BrN3O/c1-9-7-11(15)3-4-12(9)18-6-5-10(2)17-14(19)13(18)8-16/h3-4,7,10,13H,5-6,8,16H2,1-2H3,(H,17,19). The fraction of sp³-hybridized carbons (Fsp3) is 0.500. The molecular formula is C14H20BrN3O.